The topological polar surface area (TPSA) is 83.8 Å². The van der Waals surface area contributed by atoms with E-state index in [2.05, 4.69) is 10.5 Å². The predicted molar refractivity (Wildman–Crippen MR) is 164 cm³/mol. The van der Waals surface area contributed by atoms with Crippen molar-refractivity contribution in [1.82, 2.24) is 9.99 Å². The van der Waals surface area contributed by atoms with Crippen molar-refractivity contribution in [2.75, 3.05) is 10.6 Å². The normalized spacial score (nSPS) is 11.7. The van der Waals surface area contributed by atoms with Gasteiger partial charge in [0.25, 0.3) is 5.91 Å². The Balaban J connectivity index is 1.45. The molecule has 0 bridgehead atoms. The van der Waals surface area contributed by atoms with Gasteiger partial charge >= 0.3 is 0 Å². The van der Waals surface area contributed by atoms with Gasteiger partial charge in [-0.25, -0.2) is 13.8 Å². The van der Waals surface area contributed by atoms with Crippen molar-refractivity contribution >= 4 is 51.0 Å². The highest BCUT2D eigenvalue weighted by Gasteiger charge is 2.19. The van der Waals surface area contributed by atoms with Gasteiger partial charge in [-0.15, -0.1) is 0 Å². The lowest BCUT2D eigenvalue weighted by molar-refractivity contribution is 0.0955. The third kappa shape index (κ3) is 6.58. The van der Waals surface area contributed by atoms with Gasteiger partial charge in [-0.2, -0.15) is 5.10 Å². The maximum absolute atomic E-state index is 12.7. The first-order chi connectivity index (χ1) is 18.8. The van der Waals surface area contributed by atoms with Crippen molar-refractivity contribution < 1.29 is 13.2 Å². The van der Waals surface area contributed by atoms with E-state index in [0.717, 1.165) is 39.3 Å². The van der Waals surface area contributed by atoms with E-state index in [-0.39, 0.29) is 12.5 Å². The number of nitrogens with zero attached hydrogens (tertiary/aromatic N) is 3. The SMILES string of the molecule is Cc1ccc(N(Cc2ccc(C(=O)N/N=C/c3cc(C)n(-c4ccc(Cl)cc4Cl)c3C)cc2)S(C)(=O)=O)cc1C. The first-order valence-corrected chi connectivity index (χ1v) is 15.1. The molecule has 0 unspecified atom stereocenters. The number of benzene rings is 3. The van der Waals surface area contributed by atoms with Crippen LogP contribution in [-0.4, -0.2) is 31.4 Å². The van der Waals surface area contributed by atoms with Crippen molar-refractivity contribution in [2.24, 2.45) is 5.10 Å². The number of hydrogen-bond donors (Lipinski definition) is 1. The maximum atomic E-state index is 12.7. The molecule has 0 aliphatic carbocycles. The van der Waals surface area contributed by atoms with Crippen molar-refractivity contribution in [3.05, 3.63) is 116 Å². The van der Waals surface area contributed by atoms with Gasteiger partial charge in [-0.3, -0.25) is 9.10 Å². The van der Waals surface area contributed by atoms with Gasteiger partial charge in [-0.1, -0.05) is 41.4 Å². The second-order valence-electron chi connectivity index (χ2n) is 9.69. The molecule has 4 aromatic rings. The first-order valence-electron chi connectivity index (χ1n) is 12.5. The van der Waals surface area contributed by atoms with Gasteiger partial charge in [0, 0.05) is 27.5 Å². The van der Waals surface area contributed by atoms with Crippen molar-refractivity contribution in [1.29, 1.82) is 0 Å². The zero-order valence-corrected chi connectivity index (χ0v) is 25.2. The number of aryl methyl sites for hydroxylation is 3. The summed E-state index contributed by atoms with van der Waals surface area (Å²) in [6.07, 6.45) is 2.77. The molecule has 0 atom stereocenters. The van der Waals surface area contributed by atoms with E-state index in [4.69, 9.17) is 23.2 Å². The van der Waals surface area contributed by atoms with Gasteiger partial charge in [-0.05, 0) is 92.9 Å². The van der Waals surface area contributed by atoms with E-state index in [1.54, 1.807) is 48.7 Å². The molecule has 0 radical (unpaired) electrons. The number of halogens is 2. The minimum absolute atomic E-state index is 0.147. The van der Waals surface area contributed by atoms with Crippen LogP contribution >= 0.6 is 23.2 Å². The summed E-state index contributed by atoms with van der Waals surface area (Å²) >= 11 is 12.4. The molecule has 0 spiro atoms. The summed E-state index contributed by atoms with van der Waals surface area (Å²) in [4.78, 5) is 12.7. The van der Waals surface area contributed by atoms with Crippen LogP contribution < -0.4 is 9.73 Å². The van der Waals surface area contributed by atoms with Gasteiger partial charge in [0.15, 0.2) is 0 Å². The Morgan fingerprint density at radius 3 is 2.27 bits per heavy atom. The number of amides is 1. The fourth-order valence-corrected chi connectivity index (χ4v) is 5.76. The number of rotatable bonds is 8. The van der Waals surface area contributed by atoms with Gasteiger partial charge in [0.1, 0.15) is 0 Å². The standard InChI is InChI=1S/C30H30Cl2N4O3S/c1-19-6-12-27(14-20(19)2)35(40(5,38)39)18-23-7-9-24(10-8-23)30(37)34-33-17-25-15-21(3)36(22(25)4)29-13-11-26(31)16-28(29)32/h6-17H,18H2,1-5H3,(H,34,37)/b33-17+. The van der Waals surface area contributed by atoms with Crippen molar-refractivity contribution in [2.45, 2.75) is 34.2 Å². The third-order valence-corrected chi connectivity index (χ3v) is 8.39. The monoisotopic (exact) mass is 596 g/mol. The van der Waals surface area contributed by atoms with E-state index in [1.165, 1.54) is 10.6 Å². The van der Waals surface area contributed by atoms with Crippen LogP contribution in [0.3, 0.4) is 0 Å². The maximum Gasteiger partial charge on any atom is 0.271 e. The van der Waals surface area contributed by atoms with Crippen molar-refractivity contribution in [3.63, 3.8) is 0 Å². The smallest absolute Gasteiger partial charge is 0.271 e. The first kappa shape index (κ1) is 29.4. The Morgan fingerprint density at radius 1 is 0.950 bits per heavy atom. The molecule has 1 heterocycles. The second kappa shape index (κ2) is 11.9. The molecule has 1 amide bonds. The van der Waals surface area contributed by atoms with Gasteiger partial charge in [0.05, 0.1) is 35.4 Å². The van der Waals surface area contributed by atoms with Crippen LogP contribution in [0.15, 0.2) is 71.8 Å². The highest BCUT2D eigenvalue weighted by molar-refractivity contribution is 7.92. The number of anilines is 1. The molecule has 10 heteroatoms. The van der Waals surface area contributed by atoms with E-state index in [1.807, 2.05) is 56.5 Å². The zero-order chi connectivity index (χ0) is 29.2. The van der Waals surface area contributed by atoms with E-state index < -0.39 is 10.0 Å². The number of sulfonamides is 1. The predicted octanol–water partition coefficient (Wildman–Crippen LogP) is 6.75. The number of hydrazone groups is 1. The molecule has 3 aromatic carbocycles. The van der Waals surface area contributed by atoms with Crippen LogP contribution in [0, 0.1) is 27.7 Å². The molecular weight excluding hydrogens is 567 g/mol. The molecule has 0 fully saturated rings. The van der Waals surface area contributed by atoms with Crippen LogP contribution in [-0.2, 0) is 16.6 Å². The number of hydrogen-bond acceptors (Lipinski definition) is 4. The molecular formula is C30H30Cl2N4O3S. The van der Waals surface area contributed by atoms with Crippen LogP contribution in [0.1, 0.15) is 44.0 Å². The Morgan fingerprint density at radius 2 is 1.65 bits per heavy atom. The fourth-order valence-electron chi connectivity index (χ4n) is 4.38. The number of carbonyl (C=O) groups excluding carboxylic acids is 1. The summed E-state index contributed by atoms with van der Waals surface area (Å²) in [5.74, 6) is -0.383. The molecule has 0 aliphatic heterocycles. The Hall–Kier alpha value is -3.59. The molecule has 40 heavy (non-hydrogen) atoms. The van der Waals surface area contributed by atoms with E-state index in [0.29, 0.717) is 21.3 Å². The zero-order valence-electron chi connectivity index (χ0n) is 22.9. The summed E-state index contributed by atoms with van der Waals surface area (Å²) in [5, 5.41) is 5.23. The summed E-state index contributed by atoms with van der Waals surface area (Å²) in [6, 6.07) is 19.6. The van der Waals surface area contributed by atoms with Crippen LogP contribution in [0.4, 0.5) is 5.69 Å². The fraction of sp³-hybridized carbons (Fsp3) is 0.200. The number of carbonyl (C=O) groups is 1. The highest BCUT2D eigenvalue weighted by atomic mass is 35.5. The molecule has 7 nitrogen and oxygen atoms in total. The summed E-state index contributed by atoms with van der Waals surface area (Å²) in [7, 11) is -3.52. The van der Waals surface area contributed by atoms with Crippen molar-refractivity contribution in [3.8, 4) is 5.69 Å². The van der Waals surface area contributed by atoms with Gasteiger partial charge in [0.2, 0.25) is 10.0 Å². The lowest BCUT2D eigenvalue weighted by Gasteiger charge is -2.23. The average Bonchev–Trinajstić information content (AvgIpc) is 3.16. The molecule has 0 saturated carbocycles. The Labute approximate surface area is 245 Å². The quantitative estimate of drug-likeness (QED) is 0.180. The molecule has 1 aromatic heterocycles. The number of nitrogens with one attached hydrogen (secondary N) is 1. The lowest BCUT2D eigenvalue weighted by Crippen LogP contribution is -2.29. The summed E-state index contributed by atoms with van der Waals surface area (Å²) in [5.41, 5.74) is 9.88. The molecule has 208 valence electrons. The molecule has 1 N–H and O–H groups in total. The highest BCUT2D eigenvalue weighted by Crippen LogP contribution is 2.28. The van der Waals surface area contributed by atoms with E-state index in [9.17, 15) is 13.2 Å². The molecule has 0 saturated heterocycles. The van der Waals surface area contributed by atoms with Gasteiger partial charge < -0.3 is 4.57 Å². The minimum atomic E-state index is -3.52. The van der Waals surface area contributed by atoms with Crippen LogP contribution in [0.5, 0.6) is 0 Å². The van der Waals surface area contributed by atoms with Crippen LogP contribution in [0.25, 0.3) is 5.69 Å². The summed E-state index contributed by atoms with van der Waals surface area (Å²) in [6.45, 7) is 7.97. The molecule has 4 rings (SSSR count). The van der Waals surface area contributed by atoms with E-state index >= 15 is 0 Å². The second-order valence-corrected chi connectivity index (χ2v) is 12.4. The average molecular weight is 598 g/mol. The Kier molecular flexibility index (Phi) is 8.73. The minimum Gasteiger partial charge on any atom is -0.316 e. The largest absolute Gasteiger partial charge is 0.316 e. The third-order valence-electron chi connectivity index (χ3n) is 6.71. The van der Waals surface area contributed by atoms with Crippen LogP contribution in [0.2, 0.25) is 10.0 Å². The summed E-state index contributed by atoms with van der Waals surface area (Å²) < 4.78 is 28.4. The molecule has 0 aliphatic rings. The number of aromatic nitrogens is 1. The lowest BCUT2D eigenvalue weighted by atomic mass is 10.1. The Bertz CT molecular complexity index is 1710.